The maximum Gasteiger partial charge on any atom is 0.319 e. The number of urea groups is 1. The predicted molar refractivity (Wildman–Crippen MR) is 130 cm³/mol. The van der Waals surface area contributed by atoms with Crippen molar-refractivity contribution in [2.75, 3.05) is 5.32 Å². The van der Waals surface area contributed by atoms with E-state index in [9.17, 15) is 14.4 Å². The van der Waals surface area contributed by atoms with E-state index in [2.05, 4.69) is 17.2 Å². The molecule has 2 aromatic rings. The van der Waals surface area contributed by atoms with Gasteiger partial charge in [-0.3, -0.25) is 9.59 Å². The zero-order chi connectivity index (χ0) is 23.7. The number of nitrogens with one attached hydrogen (secondary N) is 2. The maximum atomic E-state index is 13.1. The third kappa shape index (κ3) is 4.81. The molecule has 0 saturated heterocycles. The molecule has 0 bridgehead atoms. The van der Waals surface area contributed by atoms with Crippen molar-refractivity contribution in [3.63, 3.8) is 0 Å². The van der Waals surface area contributed by atoms with Gasteiger partial charge in [0, 0.05) is 35.8 Å². The molecule has 0 radical (unpaired) electrons. The largest absolute Gasteiger partial charge is 0.334 e. The number of anilines is 1. The molecule has 0 spiro atoms. The molecule has 1 aliphatic heterocycles. The highest BCUT2D eigenvalue weighted by Gasteiger charge is 2.37. The quantitative estimate of drug-likeness (QED) is 0.475. The van der Waals surface area contributed by atoms with Crippen LogP contribution in [0.25, 0.3) is 0 Å². The molecule has 2 N–H and O–H groups in total. The van der Waals surface area contributed by atoms with Crippen LogP contribution in [-0.4, -0.2) is 28.7 Å². The van der Waals surface area contributed by atoms with Gasteiger partial charge in [-0.1, -0.05) is 35.9 Å². The van der Waals surface area contributed by atoms with E-state index in [1.54, 1.807) is 23.1 Å². The average Bonchev–Trinajstić information content (AvgIpc) is 3.00. The van der Waals surface area contributed by atoms with Crippen LogP contribution < -0.4 is 10.6 Å². The van der Waals surface area contributed by atoms with E-state index in [0.29, 0.717) is 42.2 Å². The summed E-state index contributed by atoms with van der Waals surface area (Å²) in [6, 6.07) is 8.30. The number of benzene rings is 2. The smallest absolute Gasteiger partial charge is 0.319 e. The Bertz CT molecular complexity index is 1160. The maximum absolute atomic E-state index is 13.1. The minimum atomic E-state index is -0.391. The summed E-state index contributed by atoms with van der Waals surface area (Å²) >= 11 is 6.12. The van der Waals surface area contributed by atoms with Crippen LogP contribution in [0.2, 0.25) is 5.02 Å². The number of ketones is 1. The number of halogens is 1. The number of rotatable bonds is 4. The monoisotopic (exact) mass is 465 g/mol. The molecule has 0 aromatic heterocycles. The molecular weight excluding hydrogens is 438 g/mol. The molecule has 7 heteroatoms. The van der Waals surface area contributed by atoms with E-state index in [-0.39, 0.29) is 17.7 Å². The van der Waals surface area contributed by atoms with Crippen molar-refractivity contribution in [2.24, 2.45) is 0 Å². The van der Waals surface area contributed by atoms with Crippen molar-refractivity contribution >= 4 is 35.0 Å². The molecule has 2 aromatic carbocycles. The average molecular weight is 466 g/mol. The van der Waals surface area contributed by atoms with Gasteiger partial charge in [0.05, 0.1) is 6.04 Å². The number of fused-ring (bicyclic) bond motifs is 1. The van der Waals surface area contributed by atoms with Gasteiger partial charge in [-0.15, -0.1) is 0 Å². The number of hydrogen-bond acceptors (Lipinski definition) is 3. The first-order chi connectivity index (χ1) is 15.7. The second-order valence-electron chi connectivity index (χ2n) is 8.88. The van der Waals surface area contributed by atoms with Crippen molar-refractivity contribution in [3.05, 3.63) is 75.3 Å². The minimum absolute atomic E-state index is 0.0751. The molecule has 1 aliphatic carbocycles. The van der Waals surface area contributed by atoms with Crippen LogP contribution in [0.1, 0.15) is 58.3 Å². The van der Waals surface area contributed by atoms with Crippen LogP contribution in [0.5, 0.6) is 0 Å². The molecule has 6 nitrogen and oxygen atoms in total. The molecule has 1 unspecified atom stereocenters. The summed E-state index contributed by atoms with van der Waals surface area (Å²) in [6.45, 7) is 8.57. The van der Waals surface area contributed by atoms with Gasteiger partial charge < -0.3 is 15.5 Å². The van der Waals surface area contributed by atoms with Gasteiger partial charge in [0.15, 0.2) is 5.78 Å². The highest BCUT2D eigenvalue weighted by molar-refractivity contribution is 6.31. The Kier molecular flexibility index (Phi) is 6.56. The lowest BCUT2D eigenvalue weighted by Crippen LogP contribution is -2.40. The second kappa shape index (κ2) is 9.40. The summed E-state index contributed by atoms with van der Waals surface area (Å²) in [6.07, 6.45) is 2.72. The number of nitrogens with zero attached hydrogens (tertiary/aromatic N) is 1. The van der Waals surface area contributed by atoms with Gasteiger partial charge in [0.1, 0.15) is 0 Å². The van der Waals surface area contributed by atoms with Crippen molar-refractivity contribution in [1.29, 1.82) is 0 Å². The fourth-order valence-electron chi connectivity index (χ4n) is 4.56. The number of Topliss-reactive ketones (excluding diaryl/α,β-unsaturated/α-hetero) is 1. The van der Waals surface area contributed by atoms with Crippen LogP contribution >= 0.6 is 11.6 Å². The van der Waals surface area contributed by atoms with E-state index in [1.165, 1.54) is 0 Å². The lowest BCUT2D eigenvalue weighted by molar-refractivity contribution is -0.122. The molecular formula is C26H28ClN3O3. The Balaban J connectivity index is 1.44. The summed E-state index contributed by atoms with van der Waals surface area (Å²) in [5.74, 6) is -0.0152. The topological polar surface area (TPSA) is 78.5 Å². The Hall–Kier alpha value is -3.12. The molecule has 4 rings (SSSR count). The predicted octanol–water partition coefficient (Wildman–Crippen LogP) is 5.30. The highest BCUT2D eigenvalue weighted by Crippen LogP contribution is 2.33. The van der Waals surface area contributed by atoms with Crippen LogP contribution in [-0.2, 0) is 17.9 Å². The van der Waals surface area contributed by atoms with Crippen molar-refractivity contribution in [3.8, 4) is 0 Å². The molecule has 1 saturated carbocycles. The van der Waals surface area contributed by atoms with E-state index in [0.717, 1.165) is 40.7 Å². The molecule has 172 valence electrons. The molecule has 1 atom stereocenters. The summed E-state index contributed by atoms with van der Waals surface area (Å²) in [5.41, 5.74) is 5.98. The van der Waals surface area contributed by atoms with Crippen LogP contribution in [0.4, 0.5) is 10.5 Å². The first-order valence-corrected chi connectivity index (χ1v) is 11.5. The zero-order valence-corrected chi connectivity index (χ0v) is 19.7. The Morgan fingerprint density at radius 1 is 1.21 bits per heavy atom. The Labute approximate surface area is 199 Å². The van der Waals surface area contributed by atoms with Crippen LogP contribution in [0, 0.1) is 13.8 Å². The van der Waals surface area contributed by atoms with Crippen molar-refractivity contribution < 1.29 is 14.4 Å². The number of carbonyl (C=O) groups excluding carboxylic acids is 3. The molecule has 3 amide bonds. The molecule has 2 aliphatic rings. The van der Waals surface area contributed by atoms with Gasteiger partial charge in [-0.05, 0) is 73.6 Å². The molecule has 1 heterocycles. The van der Waals surface area contributed by atoms with E-state index < -0.39 is 6.04 Å². The number of hydrogen-bond donors (Lipinski definition) is 2. The standard InChI is InChI=1S/C26H28ClN3O3/c1-15-5-4-6-23(24(31)11-15)30-14-21-17(3)18(8-10-20(21)25(30)32)13-28-26(33)29-19-9-7-16(2)22(27)12-19/h7-10,12,23H,1,4-6,11,13-14H2,2-3H3,(H2,28,29,33). The van der Waals surface area contributed by atoms with Gasteiger partial charge in [0.2, 0.25) is 0 Å². The SMILES string of the molecule is C=C1CCCC(N2Cc3c(ccc(CNC(=O)Nc4ccc(C)c(Cl)c4)c3C)C2=O)C(=O)C1. The van der Waals surface area contributed by atoms with Gasteiger partial charge in [0.25, 0.3) is 5.91 Å². The van der Waals surface area contributed by atoms with Crippen LogP contribution in [0.3, 0.4) is 0 Å². The van der Waals surface area contributed by atoms with Crippen molar-refractivity contribution in [2.45, 2.75) is 58.7 Å². The van der Waals surface area contributed by atoms with Crippen molar-refractivity contribution in [1.82, 2.24) is 10.2 Å². The zero-order valence-electron chi connectivity index (χ0n) is 19.0. The van der Waals surface area contributed by atoms with Gasteiger partial charge in [-0.2, -0.15) is 0 Å². The third-order valence-corrected chi connectivity index (χ3v) is 6.99. The Morgan fingerprint density at radius 2 is 2.00 bits per heavy atom. The van der Waals surface area contributed by atoms with E-state index >= 15 is 0 Å². The fraction of sp³-hybridized carbons (Fsp3) is 0.346. The molecule has 33 heavy (non-hydrogen) atoms. The summed E-state index contributed by atoms with van der Waals surface area (Å²) in [7, 11) is 0. The lowest BCUT2D eigenvalue weighted by Gasteiger charge is -2.25. The first-order valence-electron chi connectivity index (χ1n) is 11.2. The number of aryl methyl sites for hydroxylation is 1. The van der Waals surface area contributed by atoms with E-state index in [4.69, 9.17) is 11.6 Å². The number of allylic oxidation sites excluding steroid dienone is 1. The summed E-state index contributed by atoms with van der Waals surface area (Å²) in [5, 5.41) is 6.24. The number of carbonyl (C=O) groups is 3. The highest BCUT2D eigenvalue weighted by atomic mass is 35.5. The third-order valence-electron chi connectivity index (χ3n) is 6.58. The second-order valence-corrected chi connectivity index (χ2v) is 9.29. The summed E-state index contributed by atoms with van der Waals surface area (Å²) < 4.78 is 0. The normalized spacial score (nSPS) is 18.2. The fourth-order valence-corrected chi connectivity index (χ4v) is 4.74. The number of amides is 3. The van der Waals surface area contributed by atoms with Crippen LogP contribution in [0.15, 0.2) is 42.5 Å². The lowest BCUT2D eigenvalue weighted by atomic mass is 9.98. The van der Waals surface area contributed by atoms with Gasteiger partial charge >= 0.3 is 6.03 Å². The van der Waals surface area contributed by atoms with E-state index in [1.807, 2.05) is 26.0 Å². The Morgan fingerprint density at radius 3 is 2.76 bits per heavy atom. The first kappa shape index (κ1) is 23.1. The minimum Gasteiger partial charge on any atom is -0.334 e. The summed E-state index contributed by atoms with van der Waals surface area (Å²) in [4.78, 5) is 39.9. The molecule has 1 fully saturated rings. The van der Waals surface area contributed by atoms with Gasteiger partial charge in [-0.25, -0.2) is 4.79 Å².